The number of benzene rings is 1. The summed E-state index contributed by atoms with van der Waals surface area (Å²) in [7, 11) is 0. The van der Waals surface area contributed by atoms with E-state index in [-0.39, 0.29) is 6.42 Å². The fourth-order valence-electron chi connectivity index (χ4n) is 2.52. The molecule has 0 fully saturated rings. The molecule has 0 aliphatic rings. The van der Waals surface area contributed by atoms with Crippen molar-refractivity contribution in [3.8, 4) is 0 Å². The minimum Gasteiger partial charge on any atom is -0.464 e. The van der Waals surface area contributed by atoms with Crippen molar-refractivity contribution in [1.82, 2.24) is 10.6 Å². The maximum Gasteiger partial charge on any atom is 0.321 e. The average molecular weight is 374 g/mol. The summed E-state index contributed by atoms with van der Waals surface area (Å²) in [5.74, 6) is -1.26. The van der Waals surface area contributed by atoms with Gasteiger partial charge in [0.15, 0.2) is 6.10 Å². The van der Waals surface area contributed by atoms with Gasteiger partial charge in [-0.15, -0.1) is 0 Å². The van der Waals surface area contributed by atoms with Crippen LogP contribution in [0.25, 0.3) is 11.0 Å². The number of aryl methyl sites for hydroxylation is 1. The number of urea groups is 1. The second-order valence-electron chi connectivity index (χ2n) is 7.45. The van der Waals surface area contributed by atoms with Crippen LogP contribution in [0.1, 0.15) is 45.7 Å². The summed E-state index contributed by atoms with van der Waals surface area (Å²) < 4.78 is 10.6. The molecule has 0 unspecified atom stereocenters. The van der Waals surface area contributed by atoms with E-state index in [0.29, 0.717) is 11.1 Å². The number of esters is 1. The summed E-state index contributed by atoms with van der Waals surface area (Å²) in [4.78, 5) is 35.9. The second kappa shape index (κ2) is 8.24. The molecule has 1 aromatic carbocycles. The van der Waals surface area contributed by atoms with Crippen molar-refractivity contribution < 1.29 is 23.5 Å². The second-order valence-corrected chi connectivity index (χ2v) is 7.45. The number of imide groups is 1. The maximum atomic E-state index is 12.2. The van der Waals surface area contributed by atoms with Crippen LogP contribution >= 0.6 is 0 Å². The first-order valence-corrected chi connectivity index (χ1v) is 8.90. The predicted molar refractivity (Wildman–Crippen MR) is 101 cm³/mol. The van der Waals surface area contributed by atoms with E-state index in [2.05, 4.69) is 17.6 Å². The fraction of sp³-hybridized carbons (Fsp3) is 0.450. The maximum absolute atomic E-state index is 12.2. The third kappa shape index (κ3) is 5.84. The van der Waals surface area contributed by atoms with Crippen LogP contribution in [-0.2, 0) is 27.2 Å². The van der Waals surface area contributed by atoms with Gasteiger partial charge in [-0.25, -0.2) is 4.79 Å². The van der Waals surface area contributed by atoms with E-state index in [0.717, 1.165) is 17.4 Å². The highest BCUT2D eigenvalue weighted by molar-refractivity contribution is 5.97. The van der Waals surface area contributed by atoms with Gasteiger partial charge in [0.1, 0.15) is 5.58 Å². The van der Waals surface area contributed by atoms with Gasteiger partial charge in [0.05, 0.1) is 12.7 Å². The molecular weight excluding hydrogens is 348 g/mol. The van der Waals surface area contributed by atoms with E-state index in [4.69, 9.17) is 9.15 Å². The van der Waals surface area contributed by atoms with Gasteiger partial charge in [-0.3, -0.25) is 14.9 Å². The molecule has 0 saturated heterocycles. The van der Waals surface area contributed by atoms with Crippen LogP contribution in [0.3, 0.4) is 0 Å². The first-order chi connectivity index (χ1) is 12.6. The number of hydrogen-bond donors (Lipinski definition) is 2. The molecule has 1 aromatic heterocycles. The highest BCUT2D eigenvalue weighted by Crippen LogP contribution is 2.23. The molecule has 2 rings (SSSR count). The normalized spacial score (nSPS) is 12.5. The number of fused-ring (bicyclic) bond motifs is 1. The third-order valence-corrected chi connectivity index (χ3v) is 3.87. The summed E-state index contributed by atoms with van der Waals surface area (Å²) in [6.45, 7) is 8.84. The Morgan fingerprint density at radius 2 is 1.93 bits per heavy atom. The molecular formula is C20H26N2O5. The van der Waals surface area contributed by atoms with Crippen molar-refractivity contribution in [2.24, 2.45) is 0 Å². The van der Waals surface area contributed by atoms with E-state index in [9.17, 15) is 14.4 Å². The molecule has 3 amide bonds. The SMILES string of the molecule is CCc1ccc2c(CC(=O)O[C@H](C)C(=O)NC(=O)NC(C)(C)C)coc2c1. The van der Waals surface area contributed by atoms with Gasteiger partial charge >= 0.3 is 12.0 Å². The van der Waals surface area contributed by atoms with Crippen LogP contribution in [0.5, 0.6) is 0 Å². The summed E-state index contributed by atoms with van der Waals surface area (Å²) in [6, 6.07) is 5.20. The highest BCUT2D eigenvalue weighted by atomic mass is 16.5. The minimum atomic E-state index is -1.09. The Morgan fingerprint density at radius 1 is 1.22 bits per heavy atom. The van der Waals surface area contributed by atoms with Crippen molar-refractivity contribution in [2.75, 3.05) is 0 Å². The molecule has 27 heavy (non-hydrogen) atoms. The van der Waals surface area contributed by atoms with Gasteiger partial charge in [0.2, 0.25) is 0 Å². The Kier molecular flexibility index (Phi) is 6.25. The first kappa shape index (κ1) is 20.5. The lowest BCUT2D eigenvalue weighted by Crippen LogP contribution is -2.50. The number of ether oxygens (including phenoxy) is 1. The molecule has 0 aliphatic heterocycles. The number of rotatable bonds is 5. The Balaban J connectivity index is 1.93. The molecule has 2 N–H and O–H groups in total. The zero-order valence-electron chi connectivity index (χ0n) is 16.3. The summed E-state index contributed by atoms with van der Waals surface area (Å²) in [5.41, 5.74) is 2.06. The zero-order valence-corrected chi connectivity index (χ0v) is 16.3. The highest BCUT2D eigenvalue weighted by Gasteiger charge is 2.22. The van der Waals surface area contributed by atoms with Crippen LogP contribution in [0.2, 0.25) is 0 Å². The Hall–Kier alpha value is -2.83. The van der Waals surface area contributed by atoms with Crippen LogP contribution in [-0.4, -0.2) is 29.6 Å². The van der Waals surface area contributed by atoms with Gasteiger partial charge in [-0.2, -0.15) is 0 Å². The van der Waals surface area contributed by atoms with E-state index in [1.165, 1.54) is 13.2 Å². The van der Waals surface area contributed by atoms with Gasteiger partial charge in [0, 0.05) is 16.5 Å². The summed E-state index contributed by atoms with van der Waals surface area (Å²) in [6.07, 6.45) is 1.30. The number of nitrogens with one attached hydrogen (secondary N) is 2. The smallest absolute Gasteiger partial charge is 0.321 e. The number of amides is 3. The molecule has 7 nitrogen and oxygen atoms in total. The number of furan rings is 1. The van der Waals surface area contributed by atoms with Gasteiger partial charge in [-0.05, 0) is 45.7 Å². The van der Waals surface area contributed by atoms with Crippen LogP contribution in [0.4, 0.5) is 4.79 Å². The van der Waals surface area contributed by atoms with Crippen molar-refractivity contribution in [2.45, 2.75) is 59.1 Å². The predicted octanol–water partition coefficient (Wildman–Crippen LogP) is 3.09. The molecule has 7 heteroatoms. The van der Waals surface area contributed by atoms with E-state index in [1.54, 1.807) is 20.8 Å². The third-order valence-electron chi connectivity index (χ3n) is 3.87. The van der Waals surface area contributed by atoms with Gasteiger partial charge < -0.3 is 14.5 Å². The molecule has 1 atom stereocenters. The monoisotopic (exact) mass is 374 g/mol. The molecule has 2 aromatic rings. The van der Waals surface area contributed by atoms with Crippen LogP contribution in [0, 0.1) is 0 Å². The summed E-state index contributed by atoms with van der Waals surface area (Å²) in [5, 5.41) is 5.60. The number of carbonyl (C=O) groups is 3. The van der Waals surface area contributed by atoms with Crippen molar-refractivity contribution in [3.05, 3.63) is 35.6 Å². The van der Waals surface area contributed by atoms with Crippen molar-refractivity contribution in [3.63, 3.8) is 0 Å². The Bertz CT molecular complexity index is 848. The topological polar surface area (TPSA) is 97.6 Å². The molecule has 0 radical (unpaired) electrons. The first-order valence-electron chi connectivity index (χ1n) is 8.90. The molecule has 146 valence electrons. The van der Waals surface area contributed by atoms with Crippen LogP contribution < -0.4 is 10.6 Å². The Morgan fingerprint density at radius 3 is 2.56 bits per heavy atom. The lowest BCUT2D eigenvalue weighted by molar-refractivity contribution is -0.153. The molecule has 0 aliphatic carbocycles. The molecule has 0 spiro atoms. The van der Waals surface area contributed by atoms with Crippen molar-refractivity contribution >= 4 is 28.9 Å². The largest absolute Gasteiger partial charge is 0.464 e. The molecule has 0 saturated carbocycles. The lowest BCUT2D eigenvalue weighted by Gasteiger charge is -2.21. The van der Waals surface area contributed by atoms with Gasteiger partial charge in [-0.1, -0.05) is 19.1 Å². The lowest BCUT2D eigenvalue weighted by atomic mass is 10.1. The van der Waals surface area contributed by atoms with E-state index < -0.39 is 29.6 Å². The zero-order chi connectivity index (χ0) is 20.2. The van der Waals surface area contributed by atoms with E-state index in [1.807, 2.05) is 18.2 Å². The van der Waals surface area contributed by atoms with Crippen molar-refractivity contribution in [1.29, 1.82) is 0 Å². The van der Waals surface area contributed by atoms with Crippen LogP contribution in [0.15, 0.2) is 28.9 Å². The average Bonchev–Trinajstić information content (AvgIpc) is 2.94. The summed E-state index contributed by atoms with van der Waals surface area (Å²) >= 11 is 0. The fourth-order valence-corrected chi connectivity index (χ4v) is 2.52. The number of hydrogen-bond acceptors (Lipinski definition) is 5. The Labute approximate surface area is 158 Å². The molecule has 1 heterocycles. The standard InChI is InChI=1S/C20H26N2O5/c1-6-13-7-8-15-14(11-26-16(15)9-13)10-17(23)27-12(2)18(24)21-19(25)22-20(3,4)5/h7-9,11-12H,6,10H2,1-5H3,(H2,21,22,24,25)/t12-/m1/s1. The van der Waals surface area contributed by atoms with E-state index >= 15 is 0 Å². The quantitative estimate of drug-likeness (QED) is 0.784. The molecule has 0 bridgehead atoms. The minimum absolute atomic E-state index is 0.0235. The number of carbonyl (C=O) groups excluding carboxylic acids is 3. The van der Waals surface area contributed by atoms with Gasteiger partial charge in [0.25, 0.3) is 5.91 Å².